The van der Waals surface area contributed by atoms with Crippen molar-refractivity contribution in [2.75, 3.05) is 39.5 Å². The fraction of sp³-hybridized carbons (Fsp3) is 0.474. The minimum absolute atomic E-state index is 0.169. The Morgan fingerprint density at radius 2 is 1.62 bits per heavy atom. The molecule has 1 atom stereocenters. The van der Waals surface area contributed by atoms with E-state index in [-0.39, 0.29) is 18.3 Å². The number of benzene rings is 3. The molecule has 2 heterocycles. The summed E-state index contributed by atoms with van der Waals surface area (Å²) in [5.74, 6) is 0.946. The van der Waals surface area contributed by atoms with Crippen molar-refractivity contribution in [3.8, 4) is 5.75 Å². The number of hydrogen-bond donors (Lipinski definition) is 1. The molecular weight excluding hydrogens is 596 g/mol. The van der Waals surface area contributed by atoms with Crippen LogP contribution < -0.4 is 10.1 Å². The van der Waals surface area contributed by atoms with Crippen molar-refractivity contribution in [1.82, 2.24) is 10.2 Å². The van der Waals surface area contributed by atoms with Gasteiger partial charge < -0.3 is 29.0 Å². The van der Waals surface area contributed by atoms with E-state index in [1.807, 2.05) is 99.6 Å². The van der Waals surface area contributed by atoms with Gasteiger partial charge in [-0.15, -0.1) is 0 Å². The normalized spacial score (nSPS) is 16.8. The molecule has 0 aliphatic carbocycles. The lowest BCUT2D eigenvalue weighted by Gasteiger charge is -2.32. The van der Waals surface area contributed by atoms with Crippen LogP contribution in [0.1, 0.15) is 79.5 Å². The van der Waals surface area contributed by atoms with Gasteiger partial charge in [-0.05, 0) is 100.0 Å². The van der Waals surface area contributed by atoms with Gasteiger partial charge in [-0.1, -0.05) is 54.6 Å². The number of carbonyl (C=O) groups excluding carboxylic acids is 2. The Hall–Kier alpha value is -3.92. The van der Waals surface area contributed by atoms with Gasteiger partial charge >= 0.3 is 12.1 Å². The van der Waals surface area contributed by atoms with Crippen molar-refractivity contribution >= 4 is 12.1 Å². The van der Waals surface area contributed by atoms with E-state index < -0.39 is 11.7 Å². The van der Waals surface area contributed by atoms with Gasteiger partial charge in [0.25, 0.3) is 0 Å². The molecule has 9 nitrogen and oxygen atoms in total. The number of carbonyl (C=O) groups is 2. The first kappa shape index (κ1) is 34.4. The molecule has 2 aliphatic heterocycles. The van der Waals surface area contributed by atoms with Crippen LogP contribution in [0.3, 0.4) is 0 Å². The van der Waals surface area contributed by atoms with Gasteiger partial charge in [0.15, 0.2) is 6.29 Å². The second-order valence-electron chi connectivity index (χ2n) is 13.2. The quantitative estimate of drug-likeness (QED) is 0.159. The predicted octanol–water partition coefficient (Wildman–Crippen LogP) is 6.90. The number of nitrogens with zero attached hydrogens (tertiary/aromatic N) is 1. The highest BCUT2D eigenvalue weighted by molar-refractivity contribution is 5.89. The summed E-state index contributed by atoms with van der Waals surface area (Å²) in [4.78, 5) is 27.6. The SMILES string of the molecule is CC(C)(C)OC(=O)NC(c1ccccc1)c1cccc(OCC2CCN(Cc3ccc(C(=O)OCCCC4OCCO4)cc3)CC2)c1. The zero-order valence-electron chi connectivity index (χ0n) is 27.8. The lowest BCUT2D eigenvalue weighted by molar-refractivity contribution is -0.0505. The molecule has 47 heavy (non-hydrogen) atoms. The molecule has 2 aliphatic rings. The second kappa shape index (κ2) is 16.8. The van der Waals surface area contributed by atoms with Crippen molar-refractivity contribution < 1.29 is 33.3 Å². The number of alkyl carbamates (subject to hydrolysis) is 1. The maximum absolute atomic E-state index is 12.7. The summed E-state index contributed by atoms with van der Waals surface area (Å²) >= 11 is 0. The molecule has 2 fully saturated rings. The summed E-state index contributed by atoms with van der Waals surface area (Å²) in [5.41, 5.74) is 3.05. The molecule has 5 rings (SSSR count). The molecular formula is C38H48N2O7. The Morgan fingerprint density at radius 3 is 2.32 bits per heavy atom. The third kappa shape index (κ3) is 11.1. The molecule has 1 unspecified atom stereocenters. The summed E-state index contributed by atoms with van der Waals surface area (Å²) in [5, 5.41) is 3.04. The number of amides is 1. The molecule has 1 amide bonds. The molecule has 0 spiro atoms. The van der Waals surface area contributed by atoms with Gasteiger partial charge in [0.2, 0.25) is 0 Å². The average molecular weight is 645 g/mol. The van der Waals surface area contributed by atoms with E-state index in [4.69, 9.17) is 23.7 Å². The Bertz CT molecular complexity index is 1410. The van der Waals surface area contributed by atoms with Crippen molar-refractivity contribution in [2.45, 2.75) is 70.9 Å². The summed E-state index contributed by atoms with van der Waals surface area (Å²) in [6.07, 6.45) is 2.91. The summed E-state index contributed by atoms with van der Waals surface area (Å²) in [7, 11) is 0. The topological polar surface area (TPSA) is 95.6 Å². The monoisotopic (exact) mass is 644 g/mol. The van der Waals surface area contributed by atoms with Gasteiger partial charge in [0.05, 0.1) is 38.0 Å². The number of nitrogens with one attached hydrogen (secondary N) is 1. The van der Waals surface area contributed by atoms with Crippen molar-refractivity contribution in [2.24, 2.45) is 5.92 Å². The standard InChI is InChI=1S/C38H48N2O7/c1-38(2,3)47-37(42)39-35(30-9-5-4-6-10-30)32-11-7-12-33(25-32)46-27-29-18-20-40(21-19-29)26-28-14-16-31(17-15-28)36(41)45-22-8-13-34-43-23-24-44-34/h4-7,9-12,14-17,25,29,34-35H,8,13,18-24,26-27H2,1-3H3,(H,39,42). The smallest absolute Gasteiger partial charge is 0.408 e. The van der Waals surface area contributed by atoms with Crippen LogP contribution >= 0.6 is 0 Å². The first-order valence-electron chi connectivity index (χ1n) is 16.7. The molecule has 1 N–H and O–H groups in total. The molecule has 9 heteroatoms. The number of piperidine rings is 1. The van der Waals surface area contributed by atoms with Gasteiger partial charge in [-0.25, -0.2) is 9.59 Å². The Kier molecular flexibility index (Phi) is 12.3. The third-order valence-electron chi connectivity index (χ3n) is 8.28. The number of esters is 1. The third-order valence-corrected chi connectivity index (χ3v) is 8.28. The molecule has 0 radical (unpaired) electrons. The molecule has 252 valence electrons. The van der Waals surface area contributed by atoms with Crippen LogP contribution in [0.5, 0.6) is 5.75 Å². The number of hydrogen-bond acceptors (Lipinski definition) is 8. The van der Waals surface area contributed by atoms with Crippen LogP contribution in [-0.2, 0) is 25.5 Å². The first-order valence-corrected chi connectivity index (χ1v) is 16.7. The van der Waals surface area contributed by atoms with Crippen molar-refractivity contribution in [3.05, 3.63) is 101 Å². The van der Waals surface area contributed by atoms with Crippen LogP contribution in [0.25, 0.3) is 0 Å². The number of likely N-dealkylation sites (tertiary alicyclic amines) is 1. The second-order valence-corrected chi connectivity index (χ2v) is 13.2. The van der Waals surface area contributed by atoms with Gasteiger partial charge in [0.1, 0.15) is 11.4 Å². The van der Waals surface area contributed by atoms with E-state index in [0.717, 1.165) is 55.8 Å². The fourth-order valence-electron chi connectivity index (χ4n) is 5.82. The van der Waals surface area contributed by atoms with Gasteiger partial charge in [-0.2, -0.15) is 0 Å². The zero-order chi connectivity index (χ0) is 33.1. The minimum Gasteiger partial charge on any atom is -0.493 e. The Labute approximate surface area is 278 Å². The van der Waals surface area contributed by atoms with E-state index in [0.29, 0.717) is 44.3 Å². The summed E-state index contributed by atoms with van der Waals surface area (Å²) in [6.45, 7) is 10.6. The Balaban J connectivity index is 1.06. The maximum Gasteiger partial charge on any atom is 0.408 e. The number of ether oxygens (including phenoxy) is 5. The summed E-state index contributed by atoms with van der Waals surface area (Å²) < 4.78 is 28.1. The minimum atomic E-state index is -0.590. The zero-order valence-corrected chi connectivity index (χ0v) is 27.8. The van der Waals surface area contributed by atoms with Crippen LogP contribution in [0.4, 0.5) is 4.79 Å². The highest BCUT2D eigenvalue weighted by atomic mass is 16.7. The van der Waals surface area contributed by atoms with Crippen LogP contribution in [-0.4, -0.2) is 68.4 Å². The molecule has 3 aromatic carbocycles. The fourth-order valence-corrected chi connectivity index (χ4v) is 5.82. The predicted molar refractivity (Wildman–Crippen MR) is 179 cm³/mol. The number of rotatable bonds is 13. The van der Waals surface area contributed by atoms with E-state index in [9.17, 15) is 9.59 Å². The summed E-state index contributed by atoms with van der Waals surface area (Å²) in [6, 6.07) is 25.2. The molecule has 2 saturated heterocycles. The van der Waals surface area contributed by atoms with Gasteiger partial charge in [-0.3, -0.25) is 4.90 Å². The Morgan fingerprint density at radius 1 is 0.915 bits per heavy atom. The molecule has 0 bridgehead atoms. The lowest BCUT2D eigenvalue weighted by Crippen LogP contribution is -2.35. The molecule has 0 saturated carbocycles. The van der Waals surface area contributed by atoms with E-state index >= 15 is 0 Å². The highest BCUT2D eigenvalue weighted by Crippen LogP contribution is 2.27. The van der Waals surface area contributed by atoms with Gasteiger partial charge in [0, 0.05) is 13.0 Å². The lowest BCUT2D eigenvalue weighted by atomic mass is 9.97. The van der Waals surface area contributed by atoms with Crippen LogP contribution in [0.15, 0.2) is 78.9 Å². The maximum atomic E-state index is 12.7. The van der Waals surface area contributed by atoms with Crippen molar-refractivity contribution in [3.63, 3.8) is 0 Å². The molecule has 0 aromatic heterocycles. The van der Waals surface area contributed by atoms with Crippen LogP contribution in [0, 0.1) is 5.92 Å². The van der Waals surface area contributed by atoms with Crippen molar-refractivity contribution in [1.29, 1.82) is 0 Å². The largest absolute Gasteiger partial charge is 0.493 e. The van der Waals surface area contributed by atoms with E-state index in [1.54, 1.807) is 0 Å². The van der Waals surface area contributed by atoms with E-state index in [2.05, 4.69) is 10.2 Å². The first-order chi connectivity index (χ1) is 22.7. The molecule has 3 aromatic rings. The average Bonchev–Trinajstić information content (AvgIpc) is 3.59. The van der Waals surface area contributed by atoms with E-state index in [1.165, 1.54) is 5.56 Å². The highest BCUT2D eigenvalue weighted by Gasteiger charge is 2.23. The van der Waals surface area contributed by atoms with Crippen LogP contribution in [0.2, 0.25) is 0 Å².